The van der Waals surface area contributed by atoms with Gasteiger partial charge in [0.1, 0.15) is 0 Å². The van der Waals surface area contributed by atoms with Crippen molar-refractivity contribution < 1.29 is 9.90 Å². The fraction of sp³-hybridized carbons (Fsp3) is 0.562. The number of nitrogens with one attached hydrogen (secondary N) is 1. The van der Waals surface area contributed by atoms with Gasteiger partial charge in [-0.15, -0.1) is 0 Å². The highest BCUT2D eigenvalue weighted by atomic mass is 16.3. The van der Waals surface area contributed by atoms with Gasteiger partial charge >= 0.3 is 0 Å². The molecule has 0 heterocycles. The van der Waals surface area contributed by atoms with Crippen LogP contribution in [0, 0.1) is 5.41 Å². The van der Waals surface area contributed by atoms with Crippen molar-refractivity contribution >= 4 is 5.91 Å². The van der Waals surface area contributed by atoms with Gasteiger partial charge < -0.3 is 10.4 Å². The minimum absolute atomic E-state index is 0.00328. The molecular formula is C16H25NO2. The highest BCUT2D eigenvalue weighted by Crippen LogP contribution is 2.20. The van der Waals surface area contributed by atoms with Crippen LogP contribution in [0.4, 0.5) is 0 Å². The molecule has 106 valence electrons. The van der Waals surface area contributed by atoms with Crippen LogP contribution in [0.2, 0.25) is 0 Å². The van der Waals surface area contributed by atoms with Crippen LogP contribution in [0.5, 0.6) is 0 Å². The van der Waals surface area contributed by atoms with Gasteiger partial charge in [-0.05, 0) is 17.4 Å². The first-order chi connectivity index (χ1) is 8.92. The van der Waals surface area contributed by atoms with Crippen LogP contribution in [0.25, 0.3) is 0 Å². The molecule has 0 bridgehead atoms. The molecular weight excluding hydrogens is 238 g/mol. The van der Waals surface area contributed by atoms with Gasteiger partial charge in [-0.2, -0.15) is 0 Å². The third kappa shape index (κ3) is 6.39. The summed E-state index contributed by atoms with van der Waals surface area (Å²) in [7, 11) is 0. The molecule has 0 saturated carbocycles. The Morgan fingerprint density at radius 1 is 1.26 bits per heavy atom. The Hall–Kier alpha value is -1.35. The van der Waals surface area contributed by atoms with E-state index < -0.39 is 0 Å². The van der Waals surface area contributed by atoms with Gasteiger partial charge in [0, 0.05) is 25.5 Å². The molecule has 0 aliphatic rings. The number of carbonyl (C=O) groups excluding carboxylic acids is 1. The summed E-state index contributed by atoms with van der Waals surface area (Å²) in [6, 6.07) is 10.0. The highest BCUT2D eigenvalue weighted by Gasteiger charge is 2.17. The van der Waals surface area contributed by atoms with E-state index >= 15 is 0 Å². The zero-order chi connectivity index (χ0) is 14.3. The summed E-state index contributed by atoms with van der Waals surface area (Å²) in [5.74, 6) is 0.251. The van der Waals surface area contributed by atoms with Gasteiger partial charge in [-0.25, -0.2) is 0 Å². The van der Waals surface area contributed by atoms with Gasteiger partial charge in [-0.3, -0.25) is 4.79 Å². The number of rotatable bonds is 6. The van der Waals surface area contributed by atoms with E-state index in [1.807, 2.05) is 30.3 Å². The standard InChI is InChI=1S/C16H25NO2/c1-16(2,3)11-15(19)17-12-14(9-10-18)13-7-5-4-6-8-13/h4-8,14,18H,9-12H2,1-3H3,(H,17,19). The lowest BCUT2D eigenvalue weighted by Gasteiger charge is -2.20. The van der Waals surface area contributed by atoms with E-state index in [2.05, 4.69) is 26.1 Å². The third-order valence-corrected chi connectivity index (χ3v) is 2.99. The van der Waals surface area contributed by atoms with Crippen LogP contribution in [0.1, 0.15) is 45.1 Å². The van der Waals surface area contributed by atoms with Gasteiger partial charge in [-0.1, -0.05) is 51.1 Å². The van der Waals surface area contributed by atoms with Crippen molar-refractivity contribution in [1.82, 2.24) is 5.32 Å². The Morgan fingerprint density at radius 2 is 1.89 bits per heavy atom. The first kappa shape index (κ1) is 15.7. The van der Waals surface area contributed by atoms with E-state index in [1.54, 1.807) is 0 Å². The monoisotopic (exact) mass is 263 g/mol. The molecule has 0 aliphatic carbocycles. The van der Waals surface area contributed by atoms with E-state index in [1.165, 1.54) is 0 Å². The van der Waals surface area contributed by atoms with Crippen LogP contribution < -0.4 is 5.32 Å². The van der Waals surface area contributed by atoms with Crippen molar-refractivity contribution in [2.75, 3.05) is 13.2 Å². The molecule has 3 heteroatoms. The molecule has 0 aliphatic heterocycles. The summed E-state index contributed by atoms with van der Waals surface area (Å²) in [5.41, 5.74) is 1.16. The molecule has 0 aromatic heterocycles. The maximum atomic E-state index is 11.8. The van der Waals surface area contributed by atoms with Gasteiger partial charge in [0.15, 0.2) is 0 Å². The summed E-state index contributed by atoms with van der Waals surface area (Å²) in [6.07, 6.45) is 1.19. The van der Waals surface area contributed by atoms with Crippen molar-refractivity contribution in [2.24, 2.45) is 5.41 Å². The summed E-state index contributed by atoms with van der Waals surface area (Å²) in [6.45, 7) is 6.87. The minimum Gasteiger partial charge on any atom is -0.396 e. The topological polar surface area (TPSA) is 49.3 Å². The molecule has 1 unspecified atom stereocenters. The van der Waals surface area contributed by atoms with Gasteiger partial charge in [0.25, 0.3) is 0 Å². The Morgan fingerprint density at radius 3 is 2.42 bits per heavy atom. The Kier molecular flexibility index (Phi) is 6.03. The molecule has 2 N–H and O–H groups in total. The quantitative estimate of drug-likeness (QED) is 0.829. The van der Waals surface area contributed by atoms with Crippen LogP contribution in [-0.4, -0.2) is 24.2 Å². The predicted molar refractivity (Wildman–Crippen MR) is 78.0 cm³/mol. The Balaban J connectivity index is 2.54. The smallest absolute Gasteiger partial charge is 0.220 e. The number of hydrogen-bond donors (Lipinski definition) is 2. The summed E-state index contributed by atoms with van der Waals surface area (Å²) < 4.78 is 0. The molecule has 0 saturated heterocycles. The number of aliphatic hydroxyl groups is 1. The zero-order valence-electron chi connectivity index (χ0n) is 12.1. The summed E-state index contributed by atoms with van der Waals surface area (Å²) in [4.78, 5) is 11.8. The van der Waals surface area contributed by atoms with Crippen LogP contribution in [-0.2, 0) is 4.79 Å². The largest absolute Gasteiger partial charge is 0.396 e. The second-order valence-electron chi connectivity index (χ2n) is 6.16. The van der Waals surface area contributed by atoms with Crippen molar-refractivity contribution in [3.05, 3.63) is 35.9 Å². The van der Waals surface area contributed by atoms with Crippen molar-refractivity contribution in [3.63, 3.8) is 0 Å². The first-order valence-electron chi connectivity index (χ1n) is 6.85. The third-order valence-electron chi connectivity index (χ3n) is 2.99. The molecule has 19 heavy (non-hydrogen) atoms. The van der Waals surface area contributed by atoms with E-state index in [0.29, 0.717) is 19.4 Å². The first-order valence-corrected chi connectivity index (χ1v) is 6.85. The van der Waals surface area contributed by atoms with E-state index in [4.69, 9.17) is 5.11 Å². The fourth-order valence-electron chi connectivity index (χ4n) is 2.05. The number of benzene rings is 1. The zero-order valence-corrected chi connectivity index (χ0v) is 12.1. The molecule has 1 aromatic carbocycles. The lowest BCUT2D eigenvalue weighted by atomic mass is 9.91. The summed E-state index contributed by atoms with van der Waals surface area (Å²) in [5, 5.41) is 12.1. The average molecular weight is 263 g/mol. The number of aliphatic hydroxyl groups excluding tert-OH is 1. The van der Waals surface area contributed by atoms with E-state index in [0.717, 1.165) is 5.56 Å². The fourth-order valence-corrected chi connectivity index (χ4v) is 2.05. The van der Waals surface area contributed by atoms with E-state index in [-0.39, 0.29) is 23.8 Å². The molecule has 0 spiro atoms. The summed E-state index contributed by atoms with van der Waals surface area (Å²) >= 11 is 0. The molecule has 1 rings (SSSR count). The normalized spacial score (nSPS) is 13.1. The lowest BCUT2D eigenvalue weighted by molar-refractivity contribution is -0.122. The highest BCUT2D eigenvalue weighted by molar-refractivity contribution is 5.76. The second kappa shape index (κ2) is 7.29. The maximum absolute atomic E-state index is 11.8. The SMILES string of the molecule is CC(C)(C)CC(=O)NCC(CCO)c1ccccc1. The maximum Gasteiger partial charge on any atom is 0.220 e. The van der Waals surface area contributed by atoms with Crippen molar-refractivity contribution in [1.29, 1.82) is 0 Å². The molecule has 3 nitrogen and oxygen atoms in total. The van der Waals surface area contributed by atoms with Gasteiger partial charge in [0.05, 0.1) is 0 Å². The molecule has 0 radical (unpaired) electrons. The number of amides is 1. The number of hydrogen-bond acceptors (Lipinski definition) is 2. The number of carbonyl (C=O) groups is 1. The van der Waals surface area contributed by atoms with Crippen LogP contribution >= 0.6 is 0 Å². The minimum atomic E-state index is 0.00328. The molecule has 0 fully saturated rings. The average Bonchev–Trinajstić information content (AvgIpc) is 2.33. The van der Waals surface area contributed by atoms with Crippen molar-refractivity contribution in [3.8, 4) is 0 Å². The lowest BCUT2D eigenvalue weighted by Crippen LogP contribution is -2.31. The predicted octanol–water partition coefficient (Wildman–Crippen LogP) is 2.71. The second-order valence-corrected chi connectivity index (χ2v) is 6.16. The van der Waals surface area contributed by atoms with Gasteiger partial charge in [0.2, 0.25) is 5.91 Å². The van der Waals surface area contributed by atoms with Crippen molar-refractivity contribution in [2.45, 2.75) is 39.5 Å². The van der Waals surface area contributed by atoms with Crippen LogP contribution in [0.15, 0.2) is 30.3 Å². The van der Waals surface area contributed by atoms with Crippen LogP contribution in [0.3, 0.4) is 0 Å². The Bertz CT molecular complexity index is 381. The van der Waals surface area contributed by atoms with E-state index in [9.17, 15) is 4.79 Å². The Labute approximate surface area is 116 Å². The molecule has 1 amide bonds. The molecule has 1 atom stereocenters. The molecule has 1 aromatic rings.